The molecule has 1 aliphatic heterocycles. The lowest BCUT2D eigenvalue weighted by atomic mass is 10.0. The van der Waals surface area contributed by atoms with Crippen LogP contribution in [0.4, 0.5) is 0 Å². The highest BCUT2D eigenvalue weighted by Gasteiger charge is 2.28. The highest BCUT2D eigenvalue weighted by atomic mass is 16.3. The highest BCUT2D eigenvalue weighted by molar-refractivity contribution is 6.00. The third-order valence-corrected chi connectivity index (χ3v) is 4.69. The number of hydrogen-bond donors (Lipinski definition) is 0. The summed E-state index contributed by atoms with van der Waals surface area (Å²) in [4.78, 5) is 27.8. The number of piperazine rings is 1. The van der Waals surface area contributed by atoms with Crippen molar-refractivity contribution in [2.24, 2.45) is 0 Å². The molecule has 0 radical (unpaired) electrons. The maximum atomic E-state index is 12.8. The second-order valence-corrected chi connectivity index (χ2v) is 6.26. The number of nitrogens with zero attached hydrogens (tertiary/aromatic N) is 2. The molecule has 3 rings (SSSR count). The Balaban J connectivity index is 1.91. The summed E-state index contributed by atoms with van der Waals surface area (Å²) in [6.45, 7) is 9.79. The van der Waals surface area contributed by atoms with Crippen molar-refractivity contribution in [1.82, 2.24) is 9.80 Å². The van der Waals surface area contributed by atoms with Gasteiger partial charge in [-0.3, -0.25) is 9.59 Å². The third-order valence-electron chi connectivity index (χ3n) is 4.69. The van der Waals surface area contributed by atoms with Gasteiger partial charge in [0.1, 0.15) is 5.58 Å². The molecule has 1 aromatic carbocycles. The molecule has 5 heteroatoms. The fourth-order valence-electron chi connectivity index (χ4n) is 3.25. The largest absolute Gasteiger partial charge is 0.450 e. The molecular weight excluding hydrogens is 292 g/mol. The maximum Gasteiger partial charge on any atom is 0.290 e. The predicted molar refractivity (Wildman–Crippen MR) is 88.6 cm³/mol. The van der Waals surface area contributed by atoms with Crippen molar-refractivity contribution in [2.75, 3.05) is 26.2 Å². The van der Waals surface area contributed by atoms with Crippen LogP contribution in [-0.4, -0.2) is 47.8 Å². The van der Waals surface area contributed by atoms with Crippen molar-refractivity contribution in [2.45, 2.75) is 27.7 Å². The zero-order valence-corrected chi connectivity index (χ0v) is 14.1. The molecule has 122 valence electrons. The maximum absolute atomic E-state index is 12.8. The lowest BCUT2D eigenvalue weighted by Gasteiger charge is -2.33. The van der Waals surface area contributed by atoms with Crippen LogP contribution in [0.15, 0.2) is 16.5 Å². The summed E-state index contributed by atoms with van der Waals surface area (Å²) in [5.74, 6) is 0.401. The van der Waals surface area contributed by atoms with Crippen LogP contribution in [0.25, 0.3) is 11.0 Å². The summed E-state index contributed by atoms with van der Waals surface area (Å²) in [5.41, 5.74) is 3.86. The lowest BCUT2D eigenvalue weighted by Crippen LogP contribution is -2.50. The van der Waals surface area contributed by atoms with Gasteiger partial charge in [0.05, 0.1) is 0 Å². The van der Waals surface area contributed by atoms with Crippen LogP contribution in [0.2, 0.25) is 0 Å². The molecule has 2 amide bonds. The number of aryl methyl sites for hydroxylation is 3. The van der Waals surface area contributed by atoms with E-state index in [1.54, 1.807) is 16.7 Å². The lowest BCUT2D eigenvalue weighted by molar-refractivity contribution is -0.130. The first-order valence-corrected chi connectivity index (χ1v) is 7.94. The summed E-state index contributed by atoms with van der Waals surface area (Å²) in [6, 6.07) is 4.07. The van der Waals surface area contributed by atoms with Crippen LogP contribution >= 0.6 is 0 Å². The molecule has 0 spiro atoms. The van der Waals surface area contributed by atoms with Gasteiger partial charge in [0.2, 0.25) is 5.91 Å². The number of furan rings is 1. The van der Waals surface area contributed by atoms with E-state index in [4.69, 9.17) is 4.42 Å². The molecule has 0 N–H and O–H groups in total. The van der Waals surface area contributed by atoms with E-state index in [0.29, 0.717) is 31.9 Å². The van der Waals surface area contributed by atoms with E-state index in [0.717, 1.165) is 27.7 Å². The van der Waals surface area contributed by atoms with E-state index in [1.807, 2.05) is 26.8 Å². The molecule has 0 aliphatic carbocycles. The van der Waals surface area contributed by atoms with Crippen molar-refractivity contribution in [3.05, 3.63) is 34.6 Å². The van der Waals surface area contributed by atoms with E-state index in [1.165, 1.54) is 0 Å². The fourth-order valence-corrected chi connectivity index (χ4v) is 3.25. The van der Waals surface area contributed by atoms with Crippen LogP contribution in [0.3, 0.4) is 0 Å². The smallest absolute Gasteiger partial charge is 0.290 e. The summed E-state index contributed by atoms with van der Waals surface area (Å²) in [7, 11) is 0. The Morgan fingerprint density at radius 3 is 2.09 bits per heavy atom. The van der Waals surface area contributed by atoms with Crippen molar-refractivity contribution < 1.29 is 14.0 Å². The monoisotopic (exact) mass is 314 g/mol. The Kier molecular flexibility index (Phi) is 3.88. The van der Waals surface area contributed by atoms with E-state index < -0.39 is 0 Å². The van der Waals surface area contributed by atoms with Gasteiger partial charge in [0, 0.05) is 44.1 Å². The summed E-state index contributed by atoms with van der Waals surface area (Å²) in [6.07, 6.45) is 0. The first-order chi connectivity index (χ1) is 10.9. The molecule has 0 bridgehead atoms. The van der Waals surface area contributed by atoms with Gasteiger partial charge in [-0.15, -0.1) is 0 Å². The number of amides is 2. The zero-order chi connectivity index (χ0) is 16.7. The quantitative estimate of drug-likeness (QED) is 0.813. The second kappa shape index (κ2) is 5.72. The van der Waals surface area contributed by atoms with Gasteiger partial charge in [0.15, 0.2) is 5.76 Å². The number of benzene rings is 1. The van der Waals surface area contributed by atoms with E-state index in [-0.39, 0.29) is 11.8 Å². The summed E-state index contributed by atoms with van der Waals surface area (Å²) < 4.78 is 5.93. The van der Waals surface area contributed by atoms with Crippen molar-refractivity contribution in [3.63, 3.8) is 0 Å². The number of hydrogen-bond acceptors (Lipinski definition) is 3. The van der Waals surface area contributed by atoms with E-state index in [2.05, 4.69) is 6.07 Å². The number of carbonyl (C=O) groups is 2. The second-order valence-electron chi connectivity index (χ2n) is 6.26. The van der Waals surface area contributed by atoms with Crippen molar-refractivity contribution >= 4 is 22.8 Å². The third kappa shape index (κ3) is 2.60. The van der Waals surface area contributed by atoms with Crippen molar-refractivity contribution in [3.8, 4) is 0 Å². The molecule has 1 saturated heterocycles. The average Bonchev–Trinajstić information content (AvgIpc) is 2.89. The van der Waals surface area contributed by atoms with Crippen molar-refractivity contribution in [1.29, 1.82) is 0 Å². The van der Waals surface area contributed by atoms with Crippen LogP contribution in [0.5, 0.6) is 0 Å². The zero-order valence-electron chi connectivity index (χ0n) is 14.1. The Labute approximate surface area is 135 Å². The standard InChI is InChI=1S/C18H22N2O3/c1-11-5-6-12(2)16-15(11)13(3)17(23-16)18(22)20-9-7-19(8-10-20)14(4)21/h5-6H,7-10H2,1-4H3. The highest BCUT2D eigenvalue weighted by Crippen LogP contribution is 2.31. The number of carbonyl (C=O) groups excluding carboxylic acids is 2. The van der Waals surface area contributed by atoms with Gasteiger partial charge >= 0.3 is 0 Å². The fraction of sp³-hybridized carbons (Fsp3) is 0.444. The number of fused-ring (bicyclic) bond motifs is 1. The predicted octanol–water partition coefficient (Wildman–Crippen LogP) is 2.66. The minimum atomic E-state index is -0.0827. The Hall–Kier alpha value is -2.30. The molecule has 0 unspecified atom stereocenters. The minimum Gasteiger partial charge on any atom is -0.450 e. The molecule has 1 aliphatic rings. The normalized spacial score (nSPS) is 15.3. The van der Waals surface area contributed by atoms with Crippen LogP contribution in [-0.2, 0) is 4.79 Å². The van der Waals surface area contributed by atoms with Crippen LogP contribution < -0.4 is 0 Å². The molecule has 23 heavy (non-hydrogen) atoms. The molecule has 5 nitrogen and oxygen atoms in total. The number of rotatable bonds is 1. The molecule has 2 heterocycles. The van der Waals surface area contributed by atoms with Gasteiger partial charge in [-0.2, -0.15) is 0 Å². The first kappa shape index (κ1) is 15.6. The van der Waals surface area contributed by atoms with Gasteiger partial charge in [-0.25, -0.2) is 0 Å². The Bertz CT molecular complexity index is 783. The minimum absolute atomic E-state index is 0.0586. The van der Waals surface area contributed by atoms with E-state index in [9.17, 15) is 9.59 Å². The molecule has 0 atom stereocenters. The van der Waals surface area contributed by atoms with E-state index >= 15 is 0 Å². The summed E-state index contributed by atoms with van der Waals surface area (Å²) >= 11 is 0. The van der Waals surface area contributed by atoms with Gasteiger partial charge in [-0.05, 0) is 31.9 Å². The average molecular weight is 314 g/mol. The molecule has 1 fully saturated rings. The van der Waals surface area contributed by atoms with Crippen LogP contribution in [0, 0.1) is 20.8 Å². The molecule has 2 aromatic rings. The van der Waals surface area contributed by atoms with Gasteiger partial charge in [0.25, 0.3) is 5.91 Å². The first-order valence-electron chi connectivity index (χ1n) is 7.94. The Morgan fingerprint density at radius 1 is 0.957 bits per heavy atom. The van der Waals surface area contributed by atoms with Gasteiger partial charge < -0.3 is 14.2 Å². The Morgan fingerprint density at radius 2 is 1.52 bits per heavy atom. The molecular formula is C18H22N2O3. The van der Waals surface area contributed by atoms with Gasteiger partial charge in [-0.1, -0.05) is 12.1 Å². The SMILES string of the molecule is CC(=O)N1CCN(C(=O)c2oc3c(C)ccc(C)c3c2C)CC1. The molecule has 1 aromatic heterocycles. The summed E-state index contributed by atoms with van der Waals surface area (Å²) in [5, 5.41) is 1.04. The topological polar surface area (TPSA) is 53.8 Å². The molecule has 0 saturated carbocycles. The van der Waals surface area contributed by atoms with Crippen LogP contribution in [0.1, 0.15) is 34.2 Å².